The number of anilines is 2. The maximum atomic E-state index is 12.1. The summed E-state index contributed by atoms with van der Waals surface area (Å²) in [4.78, 5) is 18.9. The van der Waals surface area contributed by atoms with Gasteiger partial charge in [-0.05, 0) is 80.5 Å². The molecule has 0 saturated carbocycles. The van der Waals surface area contributed by atoms with E-state index in [0.29, 0.717) is 23.0 Å². The monoisotopic (exact) mass is 539 g/mol. The van der Waals surface area contributed by atoms with Gasteiger partial charge in [0.2, 0.25) is 5.91 Å². The average Bonchev–Trinajstić information content (AvgIpc) is 3.44. The van der Waals surface area contributed by atoms with Crippen molar-refractivity contribution in [2.24, 2.45) is 0 Å². The Morgan fingerprint density at radius 2 is 1.85 bits per heavy atom. The molecule has 0 spiro atoms. The van der Waals surface area contributed by atoms with Crippen LogP contribution in [0.15, 0.2) is 72.9 Å². The number of carbonyl (C=O) groups is 1. The van der Waals surface area contributed by atoms with E-state index in [-0.39, 0.29) is 18.0 Å². The summed E-state index contributed by atoms with van der Waals surface area (Å²) in [6.45, 7) is 8.25. The third-order valence-corrected chi connectivity index (χ3v) is 7.62. The molecule has 2 N–H and O–H groups in total. The Morgan fingerprint density at radius 1 is 1.08 bits per heavy atom. The van der Waals surface area contributed by atoms with Gasteiger partial charge in [-0.15, -0.1) is 0 Å². The molecule has 0 aliphatic carbocycles. The molecular formula is C31H33N5O2S. The number of hydrogen-bond acceptors (Lipinski definition) is 4. The molecule has 1 aliphatic heterocycles. The molecule has 4 aromatic rings. The molecule has 0 unspecified atom stereocenters. The fourth-order valence-electron chi connectivity index (χ4n) is 5.39. The van der Waals surface area contributed by atoms with Crippen LogP contribution in [0.4, 0.5) is 11.4 Å². The second-order valence-electron chi connectivity index (χ2n) is 9.73. The zero-order chi connectivity index (χ0) is 27.7. The van der Waals surface area contributed by atoms with Crippen LogP contribution in [0.5, 0.6) is 5.75 Å². The number of rotatable bonds is 7. The highest BCUT2D eigenvalue weighted by molar-refractivity contribution is 7.80. The highest BCUT2D eigenvalue weighted by Crippen LogP contribution is 2.45. The van der Waals surface area contributed by atoms with Crippen LogP contribution < -0.4 is 20.3 Å². The summed E-state index contributed by atoms with van der Waals surface area (Å²) in [5.74, 6) is 0.499. The Hall–Kier alpha value is -4.17. The third kappa shape index (κ3) is 4.88. The second kappa shape index (κ2) is 10.9. The molecule has 2 aromatic carbocycles. The van der Waals surface area contributed by atoms with Crippen molar-refractivity contribution in [2.45, 2.75) is 46.2 Å². The Balaban J connectivity index is 1.66. The summed E-state index contributed by atoms with van der Waals surface area (Å²) in [6, 6.07) is 22.0. The summed E-state index contributed by atoms with van der Waals surface area (Å²) in [7, 11) is 1.60. The average molecular weight is 540 g/mol. The van der Waals surface area contributed by atoms with Crippen molar-refractivity contribution in [3.63, 3.8) is 0 Å². The number of thiocarbonyl (C=S) groups is 1. The molecule has 1 aliphatic rings. The molecule has 7 nitrogen and oxygen atoms in total. The molecule has 1 amide bonds. The molecule has 0 radical (unpaired) electrons. The predicted octanol–water partition coefficient (Wildman–Crippen LogP) is 6.33. The summed E-state index contributed by atoms with van der Waals surface area (Å²) < 4.78 is 7.98. The van der Waals surface area contributed by atoms with Gasteiger partial charge in [-0.2, -0.15) is 0 Å². The van der Waals surface area contributed by atoms with E-state index in [1.165, 1.54) is 5.56 Å². The summed E-state index contributed by atoms with van der Waals surface area (Å²) in [6.07, 6.45) is 2.19. The quantitative estimate of drug-likeness (QED) is 0.267. The largest absolute Gasteiger partial charge is 0.494 e. The van der Waals surface area contributed by atoms with Crippen molar-refractivity contribution in [3.8, 4) is 11.4 Å². The van der Waals surface area contributed by atoms with Crippen LogP contribution in [0.1, 0.15) is 53.6 Å². The number of hydrogen-bond donors (Lipinski definition) is 2. The lowest BCUT2D eigenvalue weighted by Gasteiger charge is -2.29. The van der Waals surface area contributed by atoms with Crippen molar-refractivity contribution in [1.29, 1.82) is 0 Å². The lowest BCUT2D eigenvalue weighted by atomic mass is 9.96. The maximum Gasteiger partial charge on any atom is 0.224 e. The minimum Gasteiger partial charge on any atom is -0.494 e. The Bertz CT molecular complexity index is 1530. The number of nitrogens with zero attached hydrogens (tertiary/aromatic N) is 3. The first-order chi connectivity index (χ1) is 18.8. The summed E-state index contributed by atoms with van der Waals surface area (Å²) >= 11 is 5.94. The normalized spacial score (nSPS) is 16.7. The van der Waals surface area contributed by atoms with Gasteiger partial charge in [0.05, 0.1) is 30.6 Å². The number of aromatic nitrogens is 2. The van der Waals surface area contributed by atoms with Crippen molar-refractivity contribution in [3.05, 3.63) is 101 Å². The number of para-hydroxylation sites is 1. The van der Waals surface area contributed by atoms with Gasteiger partial charge < -0.3 is 24.8 Å². The Morgan fingerprint density at radius 3 is 2.54 bits per heavy atom. The van der Waals surface area contributed by atoms with E-state index in [4.69, 9.17) is 21.9 Å². The maximum absolute atomic E-state index is 12.1. The molecule has 39 heavy (non-hydrogen) atoms. The SMILES string of the molecule is CCC(=O)Nc1ccc(N2C(=S)N[C@@H](c3ccccn3)[C@H]2c2cc(C)n(-c3ccccc3C)c2C)cc1OC. The molecule has 1 saturated heterocycles. The van der Waals surface area contributed by atoms with Crippen molar-refractivity contribution < 1.29 is 9.53 Å². The number of benzene rings is 2. The zero-order valence-corrected chi connectivity index (χ0v) is 23.7. The molecule has 8 heteroatoms. The lowest BCUT2D eigenvalue weighted by Crippen LogP contribution is -2.29. The van der Waals surface area contributed by atoms with Gasteiger partial charge >= 0.3 is 0 Å². The highest BCUT2D eigenvalue weighted by atomic mass is 32.1. The third-order valence-electron chi connectivity index (χ3n) is 7.30. The van der Waals surface area contributed by atoms with Gasteiger partial charge in [-0.25, -0.2) is 0 Å². The minimum absolute atomic E-state index is 0.0730. The van der Waals surface area contributed by atoms with Crippen LogP contribution >= 0.6 is 12.2 Å². The van der Waals surface area contributed by atoms with Gasteiger partial charge in [-0.3, -0.25) is 9.78 Å². The van der Waals surface area contributed by atoms with Gasteiger partial charge in [0.15, 0.2) is 5.11 Å². The van der Waals surface area contributed by atoms with Gasteiger partial charge in [-0.1, -0.05) is 31.2 Å². The summed E-state index contributed by atoms with van der Waals surface area (Å²) in [5.41, 5.74) is 8.20. The molecular weight excluding hydrogens is 506 g/mol. The Labute approximate surface area is 234 Å². The Kier molecular flexibility index (Phi) is 7.39. The molecule has 5 rings (SSSR count). The van der Waals surface area contributed by atoms with E-state index in [2.05, 4.69) is 71.2 Å². The highest BCUT2D eigenvalue weighted by Gasteiger charge is 2.42. The number of amides is 1. The number of ether oxygens (including phenoxy) is 1. The molecule has 1 fully saturated rings. The van der Waals surface area contributed by atoms with Crippen LogP contribution in [0.2, 0.25) is 0 Å². The van der Waals surface area contributed by atoms with E-state index < -0.39 is 0 Å². The molecule has 2 atom stereocenters. The van der Waals surface area contributed by atoms with Gasteiger partial charge in [0.25, 0.3) is 0 Å². The van der Waals surface area contributed by atoms with Crippen molar-refractivity contribution in [2.75, 3.05) is 17.3 Å². The summed E-state index contributed by atoms with van der Waals surface area (Å²) in [5, 5.41) is 7.06. The predicted molar refractivity (Wildman–Crippen MR) is 160 cm³/mol. The molecule has 3 heterocycles. The number of aryl methyl sites for hydroxylation is 2. The van der Waals surface area contributed by atoms with E-state index in [9.17, 15) is 4.79 Å². The zero-order valence-electron chi connectivity index (χ0n) is 22.9. The van der Waals surface area contributed by atoms with E-state index in [1.807, 2.05) is 49.5 Å². The van der Waals surface area contributed by atoms with Crippen molar-refractivity contribution >= 4 is 34.6 Å². The first-order valence-corrected chi connectivity index (χ1v) is 13.5. The van der Waals surface area contributed by atoms with Crippen LogP contribution in [-0.4, -0.2) is 27.7 Å². The number of methoxy groups -OCH3 is 1. The lowest BCUT2D eigenvalue weighted by molar-refractivity contribution is -0.115. The first-order valence-electron chi connectivity index (χ1n) is 13.1. The van der Waals surface area contributed by atoms with Gasteiger partial charge in [0, 0.05) is 41.4 Å². The number of carbonyl (C=O) groups excluding carboxylic acids is 1. The van der Waals surface area contributed by atoms with Crippen LogP contribution in [0.25, 0.3) is 5.69 Å². The van der Waals surface area contributed by atoms with E-state index in [1.54, 1.807) is 7.11 Å². The van der Waals surface area contributed by atoms with Crippen LogP contribution in [0.3, 0.4) is 0 Å². The van der Waals surface area contributed by atoms with Crippen LogP contribution in [-0.2, 0) is 4.79 Å². The fourth-order valence-corrected chi connectivity index (χ4v) is 5.74. The fraction of sp³-hybridized carbons (Fsp3) is 0.258. The van der Waals surface area contributed by atoms with Crippen molar-refractivity contribution in [1.82, 2.24) is 14.9 Å². The second-order valence-corrected chi connectivity index (χ2v) is 10.1. The topological polar surface area (TPSA) is 71.4 Å². The number of pyridine rings is 1. The van der Waals surface area contributed by atoms with E-state index in [0.717, 1.165) is 34.0 Å². The standard InChI is InChI=1S/C31H33N5O2S/c1-6-28(37)33-24-15-14-22(18-27(24)38-5)36-30(29(34-31(36)39)25-12-9-10-16-32-25)23-17-20(3)35(21(23)4)26-13-8-7-11-19(26)2/h7-18,29-30H,6H2,1-5H3,(H,33,37)(H,34,39)/t29-,30+/m0/s1. The number of nitrogens with one attached hydrogen (secondary N) is 2. The minimum atomic E-state index is -0.171. The van der Waals surface area contributed by atoms with E-state index >= 15 is 0 Å². The van der Waals surface area contributed by atoms with Gasteiger partial charge in [0.1, 0.15) is 5.75 Å². The molecule has 2 aromatic heterocycles. The molecule has 0 bridgehead atoms. The molecule has 200 valence electrons. The first kappa shape index (κ1) is 26.4. The smallest absolute Gasteiger partial charge is 0.224 e. The van der Waals surface area contributed by atoms with Crippen LogP contribution in [0, 0.1) is 20.8 Å².